The van der Waals surface area contributed by atoms with Crippen molar-refractivity contribution in [2.24, 2.45) is 11.3 Å². The number of piperidine rings is 1. The summed E-state index contributed by atoms with van der Waals surface area (Å²) < 4.78 is 0. The minimum Gasteiger partial charge on any atom is -0.314 e. The van der Waals surface area contributed by atoms with Crippen LogP contribution in [0.2, 0.25) is 0 Å². The fraction of sp³-hybridized carbons (Fsp3) is 1.00. The molecular weight excluding hydrogens is 244 g/mol. The maximum Gasteiger partial charge on any atom is 0.00675 e. The molecule has 0 radical (unpaired) electrons. The van der Waals surface area contributed by atoms with Crippen LogP contribution < -0.4 is 5.32 Å². The lowest BCUT2D eigenvalue weighted by atomic mass is 9.77. The molecule has 1 N–H and O–H groups in total. The maximum atomic E-state index is 3.68. The topological polar surface area (TPSA) is 15.3 Å². The van der Waals surface area contributed by atoms with Gasteiger partial charge in [0.25, 0.3) is 0 Å². The van der Waals surface area contributed by atoms with E-state index >= 15 is 0 Å². The van der Waals surface area contributed by atoms with E-state index in [9.17, 15) is 0 Å². The van der Waals surface area contributed by atoms with Gasteiger partial charge in [0, 0.05) is 6.04 Å². The van der Waals surface area contributed by atoms with Crippen LogP contribution in [0, 0.1) is 11.3 Å². The second kappa shape index (κ2) is 7.79. The summed E-state index contributed by atoms with van der Waals surface area (Å²) in [5.74, 6) is 0.924. The first-order chi connectivity index (χ1) is 9.55. The van der Waals surface area contributed by atoms with Gasteiger partial charge in [-0.15, -0.1) is 0 Å². The average molecular weight is 280 g/mol. The van der Waals surface area contributed by atoms with Gasteiger partial charge in [0.1, 0.15) is 0 Å². The van der Waals surface area contributed by atoms with Gasteiger partial charge in [0.15, 0.2) is 0 Å². The summed E-state index contributed by atoms with van der Waals surface area (Å²) >= 11 is 0. The molecule has 2 aliphatic rings. The van der Waals surface area contributed by atoms with Crippen molar-refractivity contribution in [2.45, 2.75) is 78.2 Å². The van der Waals surface area contributed by atoms with Crippen molar-refractivity contribution in [3.63, 3.8) is 0 Å². The summed E-state index contributed by atoms with van der Waals surface area (Å²) in [6.45, 7) is 12.5. The summed E-state index contributed by atoms with van der Waals surface area (Å²) in [7, 11) is 0. The number of likely N-dealkylation sites (tertiary alicyclic amines) is 1. The smallest absolute Gasteiger partial charge is 0.00675 e. The lowest BCUT2D eigenvalue weighted by molar-refractivity contribution is 0.206. The highest BCUT2D eigenvalue weighted by Gasteiger charge is 2.26. The molecule has 20 heavy (non-hydrogen) atoms. The second-order valence-electron chi connectivity index (χ2n) is 8.12. The monoisotopic (exact) mass is 280 g/mol. The Balaban J connectivity index is 1.64. The molecule has 0 spiro atoms. The Labute approximate surface area is 126 Å². The highest BCUT2D eigenvalue weighted by molar-refractivity contribution is 4.79. The molecule has 2 saturated heterocycles. The van der Waals surface area contributed by atoms with Crippen molar-refractivity contribution < 1.29 is 0 Å². The molecule has 0 aromatic carbocycles. The Kier molecular flexibility index (Phi) is 6.35. The second-order valence-corrected chi connectivity index (χ2v) is 8.12. The standard InChI is InChI=1S/C18H36N2/c1-18(2,3)16-8-6-13-20(15-11-16)14-7-10-17-9-4-5-12-19-17/h16-17,19H,4-15H2,1-3H3. The number of nitrogens with zero attached hydrogens (tertiary/aromatic N) is 1. The molecule has 0 amide bonds. The van der Waals surface area contributed by atoms with Crippen molar-refractivity contribution in [2.75, 3.05) is 26.2 Å². The molecule has 2 aliphatic heterocycles. The molecule has 0 bridgehead atoms. The first-order valence-electron chi connectivity index (χ1n) is 9.01. The van der Waals surface area contributed by atoms with Crippen LogP contribution in [-0.4, -0.2) is 37.1 Å². The highest BCUT2D eigenvalue weighted by Crippen LogP contribution is 2.34. The Morgan fingerprint density at radius 1 is 1.00 bits per heavy atom. The fourth-order valence-electron chi connectivity index (χ4n) is 3.98. The van der Waals surface area contributed by atoms with Crippen LogP contribution in [-0.2, 0) is 0 Å². The maximum absolute atomic E-state index is 3.68. The Morgan fingerprint density at radius 2 is 1.85 bits per heavy atom. The third-order valence-corrected chi connectivity index (χ3v) is 5.48. The third-order valence-electron chi connectivity index (χ3n) is 5.48. The van der Waals surface area contributed by atoms with Crippen molar-refractivity contribution >= 4 is 0 Å². The van der Waals surface area contributed by atoms with E-state index in [2.05, 4.69) is 31.0 Å². The highest BCUT2D eigenvalue weighted by atomic mass is 15.1. The summed E-state index contributed by atoms with van der Waals surface area (Å²) in [4.78, 5) is 2.73. The molecule has 0 aliphatic carbocycles. The van der Waals surface area contributed by atoms with Crippen LogP contribution in [0.5, 0.6) is 0 Å². The van der Waals surface area contributed by atoms with Crippen LogP contribution in [0.15, 0.2) is 0 Å². The van der Waals surface area contributed by atoms with Crippen LogP contribution in [0.4, 0.5) is 0 Å². The molecule has 2 rings (SSSR count). The molecule has 2 fully saturated rings. The molecule has 0 saturated carbocycles. The van der Waals surface area contributed by atoms with Gasteiger partial charge in [-0.05, 0) is 82.5 Å². The zero-order valence-corrected chi connectivity index (χ0v) is 14.1. The van der Waals surface area contributed by atoms with Gasteiger partial charge in [-0.2, -0.15) is 0 Å². The number of hydrogen-bond acceptors (Lipinski definition) is 2. The number of rotatable bonds is 4. The minimum atomic E-state index is 0.502. The zero-order valence-electron chi connectivity index (χ0n) is 14.1. The van der Waals surface area contributed by atoms with E-state index in [4.69, 9.17) is 0 Å². The van der Waals surface area contributed by atoms with Gasteiger partial charge < -0.3 is 10.2 Å². The predicted octanol–water partition coefficient (Wildman–Crippen LogP) is 4.06. The van der Waals surface area contributed by atoms with E-state index in [1.165, 1.54) is 77.5 Å². The van der Waals surface area contributed by atoms with Crippen molar-refractivity contribution in [3.05, 3.63) is 0 Å². The van der Waals surface area contributed by atoms with Crippen LogP contribution in [0.3, 0.4) is 0 Å². The molecule has 0 aromatic heterocycles. The molecule has 0 aromatic rings. The zero-order chi connectivity index (χ0) is 14.4. The van der Waals surface area contributed by atoms with Gasteiger partial charge in [-0.1, -0.05) is 27.2 Å². The number of hydrogen-bond donors (Lipinski definition) is 1. The minimum absolute atomic E-state index is 0.502. The van der Waals surface area contributed by atoms with E-state index < -0.39 is 0 Å². The van der Waals surface area contributed by atoms with Crippen molar-refractivity contribution in [3.8, 4) is 0 Å². The van der Waals surface area contributed by atoms with E-state index in [1.54, 1.807) is 0 Å². The van der Waals surface area contributed by atoms with E-state index in [1.807, 2.05) is 0 Å². The summed E-state index contributed by atoms with van der Waals surface area (Å²) in [6.07, 6.45) is 11.3. The van der Waals surface area contributed by atoms with Gasteiger partial charge >= 0.3 is 0 Å². The van der Waals surface area contributed by atoms with E-state index in [-0.39, 0.29) is 0 Å². The molecule has 2 heteroatoms. The van der Waals surface area contributed by atoms with Crippen LogP contribution in [0.25, 0.3) is 0 Å². The quantitative estimate of drug-likeness (QED) is 0.835. The summed E-state index contributed by atoms with van der Waals surface area (Å²) in [5, 5.41) is 3.68. The van der Waals surface area contributed by atoms with Crippen LogP contribution >= 0.6 is 0 Å². The largest absolute Gasteiger partial charge is 0.314 e. The van der Waals surface area contributed by atoms with Gasteiger partial charge in [-0.25, -0.2) is 0 Å². The lowest BCUT2D eigenvalue weighted by Gasteiger charge is -2.30. The SMILES string of the molecule is CC(C)(C)C1CCCN(CCCC2CCCCN2)CC1. The van der Waals surface area contributed by atoms with Crippen molar-refractivity contribution in [1.82, 2.24) is 10.2 Å². The molecule has 2 heterocycles. The molecule has 2 unspecified atom stereocenters. The van der Waals surface area contributed by atoms with Gasteiger partial charge in [0.05, 0.1) is 0 Å². The van der Waals surface area contributed by atoms with E-state index in [0.29, 0.717) is 5.41 Å². The van der Waals surface area contributed by atoms with Gasteiger partial charge in [-0.3, -0.25) is 0 Å². The molecular formula is C18H36N2. The van der Waals surface area contributed by atoms with Crippen LogP contribution in [0.1, 0.15) is 72.1 Å². The summed E-state index contributed by atoms with van der Waals surface area (Å²) in [5.41, 5.74) is 0.502. The molecule has 2 nitrogen and oxygen atoms in total. The summed E-state index contributed by atoms with van der Waals surface area (Å²) in [6, 6.07) is 0.818. The lowest BCUT2D eigenvalue weighted by Crippen LogP contribution is -2.35. The Bertz CT molecular complexity index is 263. The average Bonchev–Trinajstić information content (AvgIpc) is 2.65. The third kappa shape index (κ3) is 5.37. The molecule has 118 valence electrons. The molecule has 2 atom stereocenters. The normalized spacial score (nSPS) is 30.1. The van der Waals surface area contributed by atoms with Crippen molar-refractivity contribution in [1.29, 1.82) is 0 Å². The Hall–Kier alpha value is -0.0800. The predicted molar refractivity (Wildman–Crippen MR) is 88.1 cm³/mol. The fourth-order valence-corrected chi connectivity index (χ4v) is 3.98. The first kappa shape index (κ1) is 16.3. The first-order valence-corrected chi connectivity index (χ1v) is 9.01. The van der Waals surface area contributed by atoms with E-state index in [0.717, 1.165) is 12.0 Å². The van der Waals surface area contributed by atoms with Gasteiger partial charge in [0.2, 0.25) is 0 Å². The number of nitrogens with one attached hydrogen (secondary N) is 1. The Morgan fingerprint density at radius 3 is 2.55 bits per heavy atom.